The quantitative estimate of drug-likeness (QED) is 0.285. The molecule has 3 aromatic heterocycles. The topological polar surface area (TPSA) is 108 Å². The number of hydrogen-bond donors (Lipinski definition) is 0. The first-order valence-electron chi connectivity index (χ1n) is 11.0. The highest BCUT2D eigenvalue weighted by atomic mass is 32.2. The summed E-state index contributed by atoms with van der Waals surface area (Å²) >= 11 is 0. The number of rotatable bonds is 7. The Kier molecular flexibility index (Phi) is 6.22. The fourth-order valence-electron chi connectivity index (χ4n) is 4.08. The third-order valence-corrected chi connectivity index (χ3v) is 7.54. The number of nitrogens with zero attached hydrogens (tertiary/aromatic N) is 4. The zero-order valence-corrected chi connectivity index (χ0v) is 20.9. The average Bonchev–Trinajstić information content (AvgIpc) is 3.42. The van der Waals surface area contributed by atoms with Gasteiger partial charge in [0.1, 0.15) is 23.5 Å². The van der Waals surface area contributed by atoms with Crippen molar-refractivity contribution in [2.45, 2.75) is 11.8 Å². The summed E-state index contributed by atoms with van der Waals surface area (Å²) in [6.07, 6.45) is 5.58. The molecule has 0 saturated carbocycles. The van der Waals surface area contributed by atoms with E-state index < -0.39 is 15.8 Å². The van der Waals surface area contributed by atoms with Crippen LogP contribution in [0, 0.1) is 12.7 Å². The van der Waals surface area contributed by atoms with Crippen LogP contribution in [0.15, 0.2) is 82.8 Å². The van der Waals surface area contributed by atoms with Crippen LogP contribution in [0.4, 0.5) is 15.9 Å². The van der Waals surface area contributed by atoms with Gasteiger partial charge in [-0.25, -0.2) is 22.1 Å². The zero-order valence-electron chi connectivity index (χ0n) is 20.0. The molecule has 0 bridgehead atoms. The highest BCUT2D eigenvalue weighted by molar-refractivity contribution is 7.93. The lowest BCUT2D eigenvalue weighted by Crippen LogP contribution is -2.27. The summed E-state index contributed by atoms with van der Waals surface area (Å²) in [7, 11) is -1.36. The number of methoxy groups -OCH3 is 2. The molecule has 0 N–H and O–H groups in total. The number of anilines is 2. The molecule has 11 heteroatoms. The first-order chi connectivity index (χ1) is 17.8. The number of fused-ring (bicyclic) bond motifs is 1. The van der Waals surface area contributed by atoms with Gasteiger partial charge < -0.3 is 14.0 Å². The van der Waals surface area contributed by atoms with E-state index in [-0.39, 0.29) is 28.0 Å². The van der Waals surface area contributed by atoms with Gasteiger partial charge in [0.15, 0.2) is 5.82 Å². The van der Waals surface area contributed by atoms with Crippen LogP contribution in [0.25, 0.3) is 21.9 Å². The second-order valence-electron chi connectivity index (χ2n) is 8.06. The van der Waals surface area contributed by atoms with E-state index >= 15 is 0 Å². The first-order valence-corrected chi connectivity index (χ1v) is 12.5. The molecular weight excluding hydrogens is 499 g/mol. The summed E-state index contributed by atoms with van der Waals surface area (Å²) < 4.78 is 59.1. The van der Waals surface area contributed by atoms with Crippen molar-refractivity contribution in [1.82, 2.24) is 15.1 Å². The van der Waals surface area contributed by atoms with E-state index in [4.69, 9.17) is 14.0 Å². The van der Waals surface area contributed by atoms with Crippen molar-refractivity contribution in [3.63, 3.8) is 0 Å². The lowest BCUT2D eigenvalue weighted by atomic mass is 10.00. The Bertz CT molecular complexity index is 1710. The van der Waals surface area contributed by atoms with Crippen LogP contribution >= 0.6 is 0 Å². The predicted octanol–water partition coefficient (Wildman–Crippen LogP) is 5.28. The molecule has 0 fully saturated rings. The van der Waals surface area contributed by atoms with Crippen LogP contribution in [-0.2, 0) is 10.0 Å². The minimum absolute atomic E-state index is 0.0327. The van der Waals surface area contributed by atoms with Crippen molar-refractivity contribution < 1.29 is 26.8 Å². The van der Waals surface area contributed by atoms with Crippen molar-refractivity contribution >= 4 is 32.3 Å². The minimum atomic E-state index is -4.20. The molecule has 5 rings (SSSR count). The Balaban J connectivity index is 1.72. The van der Waals surface area contributed by atoms with Crippen molar-refractivity contribution in [3.8, 4) is 22.8 Å². The van der Waals surface area contributed by atoms with Gasteiger partial charge in [-0.15, -0.1) is 0 Å². The molecule has 0 aliphatic heterocycles. The van der Waals surface area contributed by atoms with Gasteiger partial charge in [-0.1, -0.05) is 11.2 Å². The number of hydrogen-bond acceptors (Lipinski definition) is 8. The van der Waals surface area contributed by atoms with Crippen LogP contribution in [0.5, 0.6) is 11.6 Å². The third-order valence-electron chi connectivity index (χ3n) is 5.83. The van der Waals surface area contributed by atoms with Crippen molar-refractivity contribution in [3.05, 3.63) is 84.8 Å². The number of benzene rings is 2. The van der Waals surface area contributed by atoms with Crippen LogP contribution in [0.1, 0.15) is 5.56 Å². The third kappa shape index (κ3) is 4.33. The minimum Gasteiger partial charge on any atom is -0.495 e. The number of halogens is 1. The zero-order chi connectivity index (χ0) is 26.2. The molecular formula is C26H21FN4O5S. The highest BCUT2D eigenvalue weighted by Gasteiger charge is 2.32. The summed E-state index contributed by atoms with van der Waals surface area (Å²) in [6, 6.07) is 12.4. The summed E-state index contributed by atoms with van der Waals surface area (Å²) in [5, 5.41) is 5.40. The van der Waals surface area contributed by atoms with Gasteiger partial charge in [0.05, 0.1) is 25.3 Å². The number of sulfonamides is 1. The van der Waals surface area contributed by atoms with Gasteiger partial charge in [0, 0.05) is 29.4 Å². The molecule has 0 saturated heterocycles. The lowest BCUT2D eigenvalue weighted by molar-refractivity contribution is 0.397. The number of ether oxygens (including phenoxy) is 2. The van der Waals surface area contributed by atoms with E-state index in [0.29, 0.717) is 22.1 Å². The maximum absolute atomic E-state index is 14.1. The van der Waals surface area contributed by atoms with Crippen LogP contribution in [0.3, 0.4) is 0 Å². The van der Waals surface area contributed by atoms with Crippen molar-refractivity contribution in [2.24, 2.45) is 0 Å². The molecule has 0 aliphatic rings. The lowest BCUT2D eigenvalue weighted by Gasteiger charge is -2.25. The molecule has 0 aliphatic carbocycles. The van der Waals surface area contributed by atoms with Crippen molar-refractivity contribution in [2.75, 3.05) is 18.5 Å². The van der Waals surface area contributed by atoms with Gasteiger partial charge in [0.2, 0.25) is 5.88 Å². The molecule has 3 heterocycles. The second kappa shape index (κ2) is 9.51. The monoisotopic (exact) mass is 520 g/mol. The SMILES string of the molecule is COc1cc(-c2cc(F)cnc2OC)c(C)cc1N(c1ccon1)S(=O)(=O)c1ccc2cnccc2c1. The standard InChI is InChI=1S/C26H21FN4O5S/c1-16-10-23(24(34-2)13-21(16)22-12-19(27)15-29-26(22)35-3)31(25-7-9-36-30-25)37(32,33)20-5-4-18-14-28-8-6-17(18)11-20/h4-15H,1-3H3. The molecule has 37 heavy (non-hydrogen) atoms. The van der Waals surface area contributed by atoms with E-state index in [1.807, 2.05) is 0 Å². The Labute approximate surface area is 212 Å². The van der Waals surface area contributed by atoms with Crippen LogP contribution < -0.4 is 13.8 Å². The molecule has 0 radical (unpaired) electrons. The second-order valence-corrected chi connectivity index (χ2v) is 9.85. The first kappa shape index (κ1) is 24.2. The summed E-state index contributed by atoms with van der Waals surface area (Å²) in [5.74, 6) is -0.101. The van der Waals surface area contributed by atoms with Crippen LogP contribution in [0.2, 0.25) is 0 Å². The largest absolute Gasteiger partial charge is 0.495 e. The molecule has 0 amide bonds. The molecule has 2 aromatic carbocycles. The van der Waals surface area contributed by atoms with E-state index in [0.717, 1.165) is 15.9 Å². The van der Waals surface area contributed by atoms with E-state index in [9.17, 15) is 12.8 Å². The molecule has 0 spiro atoms. The van der Waals surface area contributed by atoms with E-state index in [1.54, 1.807) is 49.6 Å². The fourth-order valence-corrected chi connectivity index (χ4v) is 5.55. The Morgan fingerprint density at radius 3 is 2.51 bits per heavy atom. The Hall–Kier alpha value is -4.51. The number of aromatic nitrogens is 3. The Morgan fingerprint density at radius 2 is 1.78 bits per heavy atom. The summed E-state index contributed by atoms with van der Waals surface area (Å²) in [6.45, 7) is 1.76. The van der Waals surface area contributed by atoms with Gasteiger partial charge in [-0.2, -0.15) is 0 Å². The van der Waals surface area contributed by atoms with Crippen molar-refractivity contribution in [1.29, 1.82) is 0 Å². The molecule has 0 unspecified atom stereocenters. The van der Waals surface area contributed by atoms with Gasteiger partial charge >= 0.3 is 0 Å². The normalized spacial score (nSPS) is 11.5. The van der Waals surface area contributed by atoms with Gasteiger partial charge in [0.25, 0.3) is 10.0 Å². The summed E-state index contributed by atoms with van der Waals surface area (Å²) in [4.78, 5) is 8.11. The summed E-state index contributed by atoms with van der Waals surface area (Å²) in [5.41, 5.74) is 1.76. The number of pyridine rings is 2. The van der Waals surface area contributed by atoms with Crippen LogP contribution in [-0.4, -0.2) is 37.8 Å². The molecule has 0 atom stereocenters. The molecule has 188 valence electrons. The van der Waals surface area contributed by atoms with E-state index in [1.165, 1.54) is 38.7 Å². The molecule has 9 nitrogen and oxygen atoms in total. The molecule has 5 aromatic rings. The predicted molar refractivity (Wildman–Crippen MR) is 135 cm³/mol. The maximum atomic E-state index is 14.1. The Morgan fingerprint density at radius 1 is 0.946 bits per heavy atom. The average molecular weight is 521 g/mol. The van der Waals surface area contributed by atoms with Gasteiger partial charge in [-0.3, -0.25) is 4.98 Å². The maximum Gasteiger partial charge on any atom is 0.270 e. The highest BCUT2D eigenvalue weighted by Crippen LogP contribution is 2.43. The van der Waals surface area contributed by atoms with Gasteiger partial charge in [-0.05, 0) is 59.8 Å². The smallest absolute Gasteiger partial charge is 0.270 e. The van der Waals surface area contributed by atoms with E-state index in [2.05, 4.69) is 15.1 Å². The number of aryl methyl sites for hydroxylation is 1. The fraction of sp³-hybridized carbons (Fsp3) is 0.115.